The molecular formula is C26H41ClN2O. The number of carbonyl (C=O) groups excluding carboxylic acids is 1. The number of unbranched alkanes of at least 4 members (excludes halogenated alkanes) is 1. The molecule has 0 saturated heterocycles. The summed E-state index contributed by atoms with van der Waals surface area (Å²) in [6, 6.07) is 6.53. The van der Waals surface area contributed by atoms with Crippen molar-refractivity contribution in [3.8, 4) is 0 Å². The quantitative estimate of drug-likeness (QED) is 0.390. The van der Waals surface area contributed by atoms with Gasteiger partial charge >= 0.3 is 0 Å². The Bertz CT molecular complexity index is 680. The minimum atomic E-state index is -0.00441. The summed E-state index contributed by atoms with van der Waals surface area (Å²) in [5.74, 6) is 0.879. The highest BCUT2D eigenvalue weighted by Gasteiger charge is 2.39. The molecule has 1 amide bonds. The van der Waals surface area contributed by atoms with Gasteiger partial charge in [-0.2, -0.15) is 0 Å². The first-order valence-corrected chi connectivity index (χ1v) is 12.7. The van der Waals surface area contributed by atoms with Gasteiger partial charge in [-0.1, -0.05) is 63.1 Å². The highest BCUT2D eigenvalue weighted by Crippen LogP contribution is 2.48. The van der Waals surface area contributed by atoms with Crippen LogP contribution in [0.3, 0.4) is 0 Å². The largest absolute Gasteiger partial charge is 0.351 e. The fourth-order valence-corrected chi connectivity index (χ4v) is 5.79. The molecule has 168 valence electrons. The summed E-state index contributed by atoms with van der Waals surface area (Å²) in [5, 5.41) is 7.42. The van der Waals surface area contributed by atoms with Gasteiger partial charge in [-0.05, 0) is 81.0 Å². The van der Waals surface area contributed by atoms with Gasteiger partial charge in [0.15, 0.2) is 0 Å². The van der Waals surface area contributed by atoms with Crippen LogP contribution in [0.15, 0.2) is 18.2 Å². The Morgan fingerprint density at radius 2 is 2.00 bits per heavy atom. The average Bonchev–Trinajstić information content (AvgIpc) is 2.75. The van der Waals surface area contributed by atoms with Gasteiger partial charge in [0.1, 0.15) is 0 Å². The molecule has 0 aromatic heterocycles. The third-order valence-corrected chi connectivity index (χ3v) is 7.72. The fourth-order valence-electron chi connectivity index (χ4n) is 5.59. The Morgan fingerprint density at radius 3 is 2.73 bits per heavy atom. The number of benzene rings is 1. The van der Waals surface area contributed by atoms with Crippen LogP contribution in [-0.4, -0.2) is 25.0 Å². The van der Waals surface area contributed by atoms with Crippen LogP contribution in [-0.2, 0) is 6.42 Å². The molecule has 0 spiro atoms. The predicted octanol–water partition coefficient (Wildman–Crippen LogP) is 6.53. The van der Waals surface area contributed by atoms with E-state index in [0.717, 1.165) is 31.8 Å². The third kappa shape index (κ3) is 6.72. The molecule has 2 aliphatic rings. The zero-order valence-electron chi connectivity index (χ0n) is 19.1. The first kappa shape index (κ1) is 23.6. The second-order valence-corrected chi connectivity index (χ2v) is 10.4. The summed E-state index contributed by atoms with van der Waals surface area (Å²) in [7, 11) is 0. The van der Waals surface area contributed by atoms with Crippen molar-refractivity contribution in [2.24, 2.45) is 11.3 Å². The first-order valence-electron chi connectivity index (χ1n) is 12.3. The molecule has 2 aliphatic carbocycles. The van der Waals surface area contributed by atoms with Crippen molar-refractivity contribution >= 4 is 17.5 Å². The zero-order chi connectivity index (χ0) is 21.4. The normalized spacial score (nSPS) is 24.4. The fraction of sp³-hybridized carbons (Fsp3) is 0.731. The van der Waals surface area contributed by atoms with Crippen molar-refractivity contribution in [3.05, 3.63) is 34.3 Å². The minimum absolute atomic E-state index is 0.00441. The van der Waals surface area contributed by atoms with E-state index >= 15 is 0 Å². The number of rotatable bonds is 11. The standard InChI is InChI=1S/C26H41ClN2O/c1-3-4-8-20(2)28-16-7-11-21-12-13-24(27)23(17-21)25(30)29-19-26-14-5-9-22(18-26)10-6-15-26/h12-13,17,20,22,28H,3-11,14-16,18-19H2,1-2H3,(H,29,30). The van der Waals surface area contributed by atoms with E-state index in [9.17, 15) is 4.79 Å². The van der Waals surface area contributed by atoms with Crippen LogP contribution in [0.2, 0.25) is 5.02 Å². The maximum Gasteiger partial charge on any atom is 0.252 e. The Kier molecular flexibility index (Phi) is 9.07. The van der Waals surface area contributed by atoms with E-state index in [1.54, 1.807) is 0 Å². The molecule has 0 radical (unpaired) electrons. The van der Waals surface area contributed by atoms with Crippen LogP contribution in [0.4, 0.5) is 0 Å². The number of fused-ring (bicyclic) bond motifs is 2. The van der Waals surface area contributed by atoms with Gasteiger partial charge in [-0.25, -0.2) is 0 Å². The molecule has 4 heteroatoms. The van der Waals surface area contributed by atoms with E-state index < -0.39 is 0 Å². The van der Waals surface area contributed by atoms with E-state index in [0.29, 0.717) is 22.0 Å². The van der Waals surface area contributed by atoms with Crippen LogP contribution in [0.5, 0.6) is 0 Å². The topological polar surface area (TPSA) is 41.1 Å². The van der Waals surface area contributed by atoms with Crippen molar-refractivity contribution < 1.29 is 4.79 Å². The summed E-state index contributed by atoms with van der Waals surface area (Å²) in [5.41, 5.74) is 2.17. The molecule has 0 aliphatic heterocycles. The SMILES string of the molecule is CCCCC(C)NCCCc1ccc(Cl)c(C(=O)NCC23CCCC(CCC2)C3)c1. The number of hydrogen-bond acceptors (Lipinski definition) is 2. The van der Waals surface area contributed by atoms with Gasteiger partial charge in [-0.15, -0.1) is 0 Å². The predicted molar refractivity (Wildman–Crippen MR) is 127 cm³/mol. The average molecular weight is 433 g/mol. The van der Waals surface area contributed by atoms with Crippen molar-refractivity contribution in [2.45, 2.75) is 96.9 Å². The number of carbonyl (C=O) groups is 1. The number of aryl methyl sites for hydroxylation is 1. The Balaban J connectivity index is 1.48. The van der Waals surface area contributed by atoms with E-state index in [4.69, 9.17) is 11.6 Å². The van der Waals surface area contributed by atoms with Crippen molar-refractivity contribution in [2.75, 3.05) is 13.1 Å². The number of hydrogen-bond donors (Lipinski definition) is 2. The van der Waals surface area contributed by atoms with Crippen LogP contribution in [0.25, 0.3) is 0 Å². The molecule has 3 nitrogen and oxygen atoms in total. The summed E-state index contributed by atoms with van der Waals surface area (Å²) in [4.78, 5) is 12.9. The van der Waals surface area contributed by atoms with E-state index in [-0.39, 0.29) is 5.91 Å². The lowest BCUT2D eigenvalue weighted by molar-refractivity contribution is 0.0682. The molecule has 2 fully saturated rings. The van der Waals surface area contributed by atoms with Crippen LogP contribution >= 0.6 is 11.6 Å². The lowest BCUT2D eigenvalue weighted by Gasteiger charge is -2.45. The Morgan fingerprint density at radius 1 is 1.23 bits per heavy atom. The Labute approximate surface area is 188 Å². The van der Waals surface area contributed by atoms with Crippen LogP contribution in [0.1, 0.15) is 100 Å². The molecule has 0 heterocycles. The van der Waals surface area contributed by atoms with Crippen molar-refractivity contribution in [1.29, 1.82) is 0 Å². The second-order valence-electron chi connectivity index (χ2n) is 9.95. The van der Waals surface area contributed by atoms with Gasteiger partial charge in [0.2, 0.25) is 0 Å². The molecule has 1 atom stereocenters. The van der Waals surface area contributed by atoms with E-state index in [1.807, 2.05) is 12.1 Å². The highest BCUT2D eigenvalue weighted by molar-refractivity contribution is 6.33. The molecule has 1 unspecified atom stereocenters. The molecule has 2 saturated carbocycles. The molecule has 2 bridgehead atoms. The number of halogens is 1. The van der Waals surface area contributed by atoms with Crippen molar-refractivity contribution in [3.63, 3.8) is 0 Å². The van der Waals surface area contributed by atoms with Gasteiger partial charge in [0.25, 0.3) is 5.91 Å². The smallest absolute Gasteiger partial charge is 0.252 e. The summed E-state index contributed by atoms with van der Waals surface area (Å²) in [6.45, 7) is 6.32. The number of nitrogens with one attached hydrogen (secondary N) is 2. The van der Waals surface area contributed by atoms with Gasteiger partial charge in [0.05, 0.1) is 10.6 Å². The lowest BCUT2D eigenvalue weighted by Crippen LogP contribution is -2.43. The summed E-state index contributed by atoms with van der Waals surface area (Å²) >= 11 is 6.39. The van der Waals surface area contributed by atoms with Gasteiger partial charge in [-0.3, -0.25) is 4.79 Å². The summed E-state index contributed by atoms with van der Waals surface area (Å²) < 4.78 is 0. The van der Waals surface area contributed by atoms with Crippen molar-refractivity contribution in [1.82, 2.24) is 10.6 Å². The van der Waals surface area contributed by atoms with Crippen LogP contribution < -0.4 is 10.6 Å². The van der Waals surface area contributed by atoms with E-state index in [2.05, 4.69) is 30.5 Å². The van der Waals surface area contributed by atoms with Gasteiger partial charge in [0, 0.05) is 12.6 Å². The molecule has 3 rings (SSSR count). The monoisotopic (exact) mass is 432 g/mol. The maximum atomic E-state index is 12.9. The van der Waals surface area contributed by atoms with Gasteiger partial charge < -0.3 is 10.6 Å². The minimum Gasteiger partial charge on any atom is -0.351 e. The molecular weight excluding hydrogens is 392 g/mol. The highest BCUT2D eigenvalue weighted by atomic mass is 35.5. The zero-order valence-corrected chi connectivity index (χ0v) is 19.8. The second kappa shape index (κ2) is 11.5. The molecule has 2 N–H and O–H groups in total. The third-order valence-electron chi connectivity index (χ3n) is 7.39. The molecule has 30 heavy (non-hydrogen) atoms. The molecule has 1 aromatic rings. The van der Waals surface area contributed by atoms with E-state index in [1.165, 1.54) is 69.8 Å². The maximum absolute atomic E-state index is 12.9. The first-order chi connectivity index (χ1) is 14.5. The molecule has 1 aromatic carbocycles. The van der Waals surface area contributed by atoms with Crippen LogP contribution in [0, 0.1) is 11.3 Å². The lowest BCUT2D eigenvalue weighted by atomic mass is 9.62. The Hall–Kier alpha value is -1.06. The number of amides is 1. The summed E-state index contributed by atoms with van der Waals surface area (Å²) in [6.07, 6.45) is 15.1.